The van der Waals surface area contributed by atoms with Crippen LogP contribution in [0.2, 0.25) is 5.02 Å². The lowest BCUT2D eigenvalue weighted by Crippen LogP contribution is -2.31. The first-order valence-electron chi connectivity index (χ1n) is 9.21. The number of aromatic nitrogens is 4. The molecule has 10 nitrogen and oxygen atoms in total. The first-order valence-corrected chi connectivity index (χ1v) is 11.1. The predicted octanol–water partition coefficient (Wildman–Crippen LogP) is 0.382. The van der Waals surface area contributed by atoms with Crippen molar-refractivity contribution in [2.75, 3.05) is 6.61 Å². The van der Waals surface area contributed by atoms with Crippen molar-refractivity contribution >= 4 is 33.1 Å². The summed E-state index contributed by atoms with van der Waals surface area (Å²) in [6.45, 7) is -0.340. The van der Waals surface area contributed by atoms with Gasteiger partial charge < -0.3 is 14.8 Å². The molecule has 1 fully saturated rings. The summed E-state index contributed by atoms with van der Waals surface area (Å²) in [5, 5.41) is 26.3. The first-order chi connectivity index (χ1) is 14.7. The highest BCUT2D eigenvalue weighted by molar-refractivity contribution is 7.84. The van der Waals surface area contributed by atoms with E-state index in [-0.39, 0.29) is 13.0 Å². The zero-order valence-electron chi connectivity index (χ0n) is 16.0. The zero-order chi connectivity index (χ0) is 22.2. The standard InChI is InChI=1S/C19H18ClN5O5S/c20-13-4-1-11(2-5-13)3-6-14-16-19(23-9-22-14)25(10-24-16)15-7-12(17(26)18(15)27)8-30-31(21,28)29/h1-2,4-5,9-10,12,15,17-18,26-27H,7-8H2,(H2,21,28,29)/t12-,15-,17-,18+/m1/s1. The van der Waals surface area contributed by atoms with Gasteiger partial charge in [-0.1, -0.05) is 17.5 Å². The van der Waals surface area contributed by atoms with Gasteiger partial charge in [0, 0.05) is 16.5 Å². The zero-order valence-corrected chi connectivity index (χ0v) is 17.5. The molecule has 12 heteroatoms. The Morgan fingerprint density at radius 1 is 1.16 bits per heavy atom. The summed E-state index contributed by atoms with van der Waals surface area (Å²) in [6.07, 6.45) is 0.682. The minimum absolute atomic E-state index is 0.235. The topological polar surface area (TPSA) is 153 Å². The molecule has 3 aromatic rings. The van der Waals surface area contributed by atoms with Crippen LogP contribution in [-0.2, 0) is 14.5 Å². The van der Waals surface area contributed by atoms with Crippen molar-refractivity contribution in [3.63, 3.8) is 0 Å². The van der Waals surface area contributed by atoms with E-state index in [9.17, 15) is 18.6 Å². The van der Waals surface area contributed by atoms with E-state index in [4.69, 9.17) is 16.7 Å². The highest BCUT2D eigenvalue weighted by Gasteiger charge is 2.43. The molecular formula is C19H18ClN5O5S. The van der Waals surface area contributed by atoms with Gasteiger partial charge in [-0.2, -0.15) is 8.42 Å². The second-order valence-electron chi connectivity index (χ2n) is 7.12. The van der Waals surface area contributed by atoms with Gasteiger partial charge in [0.25, 0.3) is 0 Å². The van der Waals surface area contributed by atoms with E-state index >= 15 is 0 Å². The van der Waals surface area contributed by atoms with Gasteiger partial charge in [0.15, 0.2) is 5.65 Å². The van der Waals surface area contributed by atoms with Gasteiger partial charge in [-0.3, -0.25) is 4.18 Å². The summed E-state index contributed by atoms with van der Waals surface area (Å²) in [6, 6.07) is 6.44. The molecule has 4 atom stereocenters. The van der Waals surface area contributed by atoms with E-state index in [1.165, 1.54) is 12.7 Å². The number of hydrogen-bond acceptors (Lipinski definition) is 8. The maximum atomic E-state index is 11.0. The fourth-order valence-corrected chi connectivity index (χ4v) is 4.06. The molecule has 2 heterocycles. The van der Waals surface area contributed by atoms with E-state index in [1.54, 1.807) is 28.8 Å². The van der Waals surface area contributed by atoms with E-state index in [2.05, 4.69) is 31.0 Å². The van der Waals surface area contributed by atoms with Gasteiger partial charge in [0.1, 0.15) is 23.6 Å². The first kappa shape index (κ1) is 21.6. The average molecular weight is 464 g/mol. The van der Waals surface area contributed by atoms with Gasteiger partial charge in [0.2, 0.25) is 0 Å². The minimum atomic E-state index is -4.15. The minimum Gasteiger partial charge on any atom is -0.390 e. The van der Waals surface area contributed by atoms with Crippen molar-refractivity contribution in [1.82, 2.24) is 19.5 Å². The third-order valence-corrected chi connectivity index (χ3v) is 5.82. The summed E-state index contributed by atoms with van der Waals surface area (Å²) in [7, 11) is -4.15. The average Bonchev–Trinajstić information content (AvgIpc) is 3.27. The Labute approximate surface area is 182 Å². The van der Waals surface area contributed by atoms with Crippen molar-refractivity contribution in [3.05, 3.63) is 53.2 Å². The summed E-state index contributed by atoms with van der Waals surface area (Å²) < 4.78 is 28.3. The molecular weight excluding hydrogens is 446 g/mol. The number of imidazole rings is 1. The second kappa shape index (κ2) is 8.51. The van der Waals surface area contributed by atoms with E-state index in [0.717, 1.165) is 5.56 Å². The lowest BCUT2D eigenvalue weighted by atomic mass is 10.1. The van der Waals surface area contributed by atoms with Crippen molar-refractivity contribution in [2.45, 2.75) is 24.7 Å². The molecule has 0 spiro atoms. The molecule has 0 radical (unpaired) electrons. The summed E-state index contributed by atoms with van der Waals surface area (Å²) in [4.78, 5) is 12.8. The fraction of sp³-hybridized carbons (Fsp3) is 0.316. The van der Waals surface area contributed by atoms with Crippen LogP contribution in [0.25, 0.3) is 11.2 Å². The lowest BCUT2D eigenvalue weighted by molar-refractivity contribution is -0.000990. The van der Waals surface area contributed by atoms with Crippen LogP contribution in [0.5, 0.6) is 0 Å². The summed E-state index contributed by atoms with van der Waals surface area (Å²) in [5.74, 6) is 5.31. The largest absolute Gasteiger partial charge is 0.390 e. The normalized spacial score (nSPS) is 23.6. The Kier molecular flexibility index (Phi) is 5.94. The number of rotatable bonds is 4. The van der Waals surface area contributed by atoms with Crippen LogP contribution >= 0.6 is 11.6 Å². The Bertz CT molecular complexity index is 1270. The molecule has 4 N–H and O–H groups in total. The second-order valence-corrected chi connectivity index (χ2v) is 8.78. The maximum absolute atomic E-state index is 11.0. The molecule has 1 aliphatic rings. The van der Waals surface area contributed by atoms with E-state index < -0.39 is 34.5 Å². The highest BCUT2D eigenvalue weighted by Crippen LogP contribution is 2.37. The number of benzene rings is 1. The molecule has 1 aliphatic carbocycles. The monoisotopic (exact) mass is 463 g/mol. The van der Waals surface area contributed by atoms with Crippen LogP contribution in [-0.4, -0.2) is 57.0 Å². The van der Waals surface area contributed by atoms with Crippen LogP contribution in [0.1, 0.15) is 23.7 Å². The number of aliphatic hydroxyl groups excluding tert-OH is 2. The Morgan fingerprint density at radius 2 is 1.90 bits per heavy atom. The molecule has 4 rings (SSSR count). The smallest absolute Gasteiger partial charge is 0.333 e. The van der Waals surface area contributed by atoms with Crippen LogP contribution in [0.15, 0.2) is 36.9 Å². The number of halogens is 1. The van der Waals surface area contributed by atoms with Crippen molar-refractivity contribution in [3.8, 4) is 11.8 Å². The van der Waals surface area contributed by atoms with Gasteiger partial charge in [-0.15, -0.1) is 0 Å². The lowest BCUT2D eigenvalue weighted by Gasteiger charge is -2.18. The highest BCUT2D eigenvalue weighted by atomic mass is 35.5. The Hall–Kier alpha value is -2.59. The molecule has 1 saturated carbocycles. The van der Waals surface area contributed by atoms with Crippen molar-refractivity contribution in [1.29, 1.82) is 0 Å². The SMILES string of the molecule is NS(=O)(=O)OC[C@H]1C[C@@H](n2cnc3c(C#Cc4ccc(Cl)cc4)ncnc32)[C@H](O)[C@@H]1O. The maximum Gasteiger partial charge on any atom is 0.333 e. The molecule has 0 amide bonds. The van der Waals surface area contributed by atoms with Crippen molar-refractivity contribution < 1.29 is 22.8 Å². The van der Waals surface area contributed by atoms with E-state index in [1.807, 2.05) is 0 Å². The third kappa shape index (κ3) is 4.69. The summed E-state index contributed by atoms with van der Waals surface area (Å²) in [5.41, 5.74) is 2.03. The van der Waals surface area contributed by atoms with E-state index in [0.29, 0.717) is 21.9 Å². The Morgan fingerprint density at radius 3 is 2.61 bits per heavy atom. The number of fused-ring (bicyclic) bond motifs is 1. The molecule has 0 unspecified atom stereocenters. The number of nitrogens with zero attached hydrogens (tertiary/aromatic N) is 4. The van der Waals surface area contributed by atoms with Gasteiger partial charge in [-0.05, 0) is 36.6 Å². The molecule has 31 heavy (non-hydrogen) atoms. The van der Waals surface area contributed by atoms with Crippen LogP contribution in [0.3, 0.4) is 0 Å². The van der Waals surface area contributed by atoms with Gasteiger partial charge in [0.05, 0.1) is 25.1 Å². The van der Waals surface area contributed by atoms with Gasteiger partial charge >= 0.3 is 10.3 Å². The Balaban J connectivity index is 1.61. The third-order valence-electron chi connectivity index (χ3n) is 5.10. The van der Waals surface area contributed by atoms with Crippen LogP contribution in [0, 0.1) is 17.8 Å². The summed E-state index contributed by atoms with van der Waals surface area (Å²) >= 11 is 5.88. The molecule has 0 saturated heterocycles. The molecule has 0 aliphatic heterocycles. The molecule has 0 bridgehead atoms. The number of nitrogens with two attached hydrogens (primary N) is 1. The molecule has 162 valence electrons. The predicted molar refractivity (Wildman–Crippen MR) is 111 cm³/mol. The molecule has 2 aromatic heterocycles. The fourth-order valence-electron chi connectivity index (χ4n) is 3.57. The van der Waals surface area contributed by atoms with Crippen molar-refractivity contribution in [2.24, 2.45) is 11.1 Å². The quantitative estimate of drug-likeness (QED) is 0.469. The van der Waals surface area contributed by atoms with Gasteiger partial charge in [-0.25, -0.2) is 20.1 Å². The van der Waals surface area contributed by atoms with Crippen LogP contribution < -0.4 is 5.14 Å². The molecule has 1 aromatic carbocycles. The number of hydrogen-bond donors (Lipinski definition) is 3. The van der Waals surface area contributed by atoms with Crippen LogP contribution in [0.4, 0.5) is 0 Å². The number of aliphatic hydroxyl groups is 2.